The van der Waals surface area contributed by atoms with Crippen LogP contribution in [-0.2, 0) is 9.47 Å². The molecule has 0 saturated carbocycles. The van der Waals surface area contributed by atoms with Crippen LogP contribution in [0.4, 0.5) is 5.69 Å². The highest BCUT2D eigenvalue weighted by molar-refractivity contribution is 5.66. The van der Waals surface area contributed by atoms with Gasteiger partial charge in [-0.2, -0.15) is 10.5 Å². The molecule has 1 aromatic carbocycles. The van der Waals surface area contributed by atoms with Crippen molar-refractivity contribution in [2.24, 2.45) is 0 Å². The van der Waals surface area contributed by atoms with Gasteiger partial charge in [0, 0.05) is 13.7 Å². The first kappa shape index (κ1) is 14.0. The van der Waals surface area contributed by atoms with Crippen LogP contribution in [0.5, 0.6) is 0 Å². The van der Waals surface area contributed by atoms with Crippen molar-refractivity contribution >= 4 is 5.69 Å². The second-order valence-corrected chi connectivity index (χ2v) is 3.48. The molecule has 0 amide bonds. The van der Waals surface area contributed by atoms with Gasteiger partial charge >= 0.3 is 0 Å². The number of anilines is 1. The molecule has 0 aromatic heterocycles. The SMILES string of the molecule is COCCOCCNc1c(C#N)cccc1C#N. The zero-order valence-corrected chi connectivity index (χ0v) is 10.3. The summed E-state index contributed by atoms with van der Waals surface area (Å²) >= 11 is 0. The summed E-state index contributed by atoms with van der Waals surface area (Å²) in [6.45, 7) is 2.12. The summed E-state index contributed by atoms with van der Waals surface area (Å²) in [7, 11) is 1.62. The van der Waals surface area contributed by atoms with Gasteiger partial charge in [0.25, 0.3) is 0 Å². The Balaban J connectivity index is 2.51. The standard InChI is InChI=1S/C13H15N3O2/c1-17-7-8-18-6-5-16-13-11(9-14)3-2-4-12(13)10-15/h2-4,16H,5-8H2,1H3. The maximum atomic E-state index is 8.96. The average molecular weight is 245 g/mol. The van der Waals surface area contributed by atoms with Crippen molar-refractivity contribution in [1.82, 2.24) is 0 Å². The molecular formula is C13H15N3O2. The zero-order valence-electron chi connectivity index (χ0n) is 10.3. The fraction of sp³-hybridized carbons (Fsp3) is 0.385. The lowest BCUT2D eigenvalue weighted by molar-refractivity contribution is 0.0759. The molecule has 0 heterocycles. The van der Waals surface area contributed by atoms with Crippen molar-refractivity contribution in [2.75, 3.05) is 38.8 Å². The van der Waals surface area contributed by atoms with Crippen molar-refractivity contribution in [3.05, 3.63) is 29.3 Å². The smallest absolute Gasteiger partial charge is 0.101 e. The first-order chi connectivity index (χ1) is 8.83. The van der Waals surface area contributed by atoms with Gasteiger partial charge in [-0.05, 0) is 12.1 Å². The number of para-hydroxylation sites is 1. The predicted octanol–water partition coefficient (Wildman–Crippen LogP) is 1.50. The Kier molecular flexibility index (Phi) is 6.27. The van der Waals surface area contributed by atoms with Gasteiger partial charge in [-0.25, -0.2) is 0 Å². The number of nitrogens with zero attached hydrogens (tertiary/aromatic N) is 2. The van der Waals surface area contributed by atoms with Crippen LogP contribution in [0.2, 0.25) is 0 Å². The largest absolute Gasteiger partial charge is 0.382 e. The summed E-state index contributed by atoms with van der Waals surface area (Å²) in [5.74, 6) is 0. The molecule has 1 N–H and O–H groups in total. The molecule has 5 heteroatoms. The van der Waals surface area contributed by atoms with E-state index in [4.69, 9.17) is 20.0 Å². The van der Waals surface area contributed by atoms with E-state index in [1.807, 2.05) is 0 Å². The number of nitrogens with one attached hydrogen (secondary N) is 1. The molecule has 1 rings (SSSR count). The summed E-state index contributed by atoms with van der Waals surface area (Å²) in [5, 5.41) is 21.0. The quantitative estimate of drug-likeness (QED) is 0.736. The first-order valence-electron chi connectivity index (χ1n) is 5.57. The fourth-order valence-electron chi connectivity index (χ4n) is 1.42. The Morgan fingerprint density at radius 2 is 1.78 bits per heavy atom. The van der Waals surface area contributed by atoms with Gasteiger partial charge in [-0.1, -0.05) is 6.07 Å². The van der Waals surface area contributed by atoms with Crippen molar-refractivity contribution in [3.8, 4) is 12.1 Å². The van der Waals surface area contributed by atoms with Gasteiger partial charge in [0.05, 0.1) is 36.6 Å². The van der Waals surface area contributed by atoms with Crippen LogP contribution >= 0.6 is 0 Å². The zero-order chi connectivity index (χ0) is 13.2. The third-order valence-corrected chi connectivity index (χ3v) is 2.29. The van der Waals surface area contributed by atoms with Crippen LogP contribution in [-0.4, -0.2) is 33.5 Å². The number of benzene rings is 1. The number of hydrogen-bond donors (Lipinski definition) is 1. The first-order valence-corrected chi connectivity index (χ1v) is 5.57. The fourth-order valence-corrected chi connectivity index (χ4v) is 1.42. The molecule has 0 atom stereocenters. The molecule has 0 fully saturated rings. The molecule has 0 bridgehead atoms. The van der Waals surface area contributed by atoms with Crippen LogP contribution in [0.25, 0.3) is 0 Å². The van der Waals surface area contributed by atoms with Crippen LogP contribution < -0.4 is 5.32 Å². The predicted molar refractivity (Wildman–Crippen MR) is 67.1 cm³/mol. The van der Waals surface area contributed by atoms with E-state index >= 15 is 0 Å². The maximum absolute atomic E-state index is 8.96. The number of rotatable bonds is 7. The maximum Gasteiger partial charge on any atom is 0.101 e. The third-order valence-electron chi connectivity index (χ3n) is 2.29. The number of methoxy groups -OCH3 is 1. The molecular weight excluding hydrogens is 230 g/mol. The van der Waals surface area contributed by atoms with Gasteiger partial charge in [0.2, 0.25) is 0 Å². The Bertz CT molecular complexity index is 428. The Morgan fingerprint density at radius 1 is 1.11 bits per heavy atom. The second kappa shape index (κ2) is 8.08. The molecule has 0 radical (unpaired) electrons. The van der Waals surface area contributed by atoms with E-state index in [9.17, 15) is 0 Å². The van der Waals surface area contributed by atoms with Crippen LogP contribution in [0.3, 0.4) is 0 Å². The minimum atomic E-state index is 0.464. The molecule has 0 aliphatic carbocycles. The highest BCUT2D eigenvalue weighted by atomic mass is 16.5. The van der Waals surface area contributed by atoms with Gasteiger partial charge < -0.3 is 14.8 Å². The van der Waals surface area contributed by atoms with E-state index in [0.29, 0.717) is 43.2 Å². The van der Waals surface area contributed by atoms with Crippen molar-refractivity contribution in [2.45, 2.75) is 0 Å². The van der Waals surface area contributed by atoms with E-state index < -0.39 is 0 Å². The summed E-state index contributed by atoms with van der Waals surface area (Å²) in [6.07, 6.45) is 0. The Labute approximate surface area is 107 Å². The minimum absolute atomic E-state index is 0.464. The lowest BCUT2D eigenvalue weighted by Crippen LogP contribution is -2.13. The number of nitriles is 2. The molecule has 0 unspecified atom stereocenters. The van der Waals surface area contributed by atoms with Crippen molar-refractivity contribution in [3.63, 3.8) is 0 Å². The summed E-state index contributed by atoms with van der Waals surface area (Å²) in [5.41, 5.74) is 1.50. The number of ether oxygens (including phenoxy) is 2. The van der Waals surface area contributed by atoms with Gasteiger partial charge in [-0.15, -0.1) is 0 Å². The molecule has 18 heavy (non-hydrogen) atoms. The molecule has 5 nitrogen and oxygen atoms in total. The topological polar surface area (TPSA) is 78.1 Å². The molecule has 94 valence electrons. The van der Waals surface area contributed by atoms with Gasteiger partial charge in [0.1, 0.15) is 12.1 Å². The van der Waals surface area contributed by atoms with Crippen molar-refractivity contribution < 1.29 is 9.47 Å². The third kappa shape index (κ3) is 4.06. The minimum Gasteiger partial charge on any atom is -0.382 e. The second-order valence-electron chi connectivity index (χ2n) is 3.48. The Hall–Kier alpha value is -2.08. The summed E-state index contributed by atoms with van der Waals surface area (Å²) in [6, 6.07) is 9.16. The van der Waals surface area contributed by atoms with Gasteiger partial charge in [0.15, 0.2) is 0 Å². The summed E-state index contributed by atoms with van der Waals surface area (Å²) < 4.78 is 10.1. The van der Waals surface area contributed by atoms with Crippen LogP contribution in [0, 0.1) is 22.7 Å². The highest BCUT2D eigenvalue weighted by Gasteiger charge is 2.06. The van der Waals surface area contributed by atoms with E-state index in [0.717, 1.165) is 0 Å². The lowest BCUT2D eigenvalue weighted by atomic mass is 10.1. The monoisotopic (exact) mass is 245 g/mol. The number of hydrogen-bond acceptors (Lipinski definition) is 5. The van der Waals surface area contributed by atoms with E-state index in [-0.39, 0.29) is 0 Å². The van der Waals surface area contributed by atoms with E-state index in [1.165, 1.54) is 0 Å². The van der Waals surface area contributed by atoms with Gasteiger partial charge in [-0.3, -0.25) is 0 Å². The molecule has 0 spiro atoms. The van der Waals surface area contributed by atoms with Crippen LogP contribution in [0.1, 0.15) is 11.1 Å². The molecule has 0 aliphatic heterocycles. The highest BCUT2D eigenvalue weighted by Crippen LogP contribution is 2.19. The Morgan fingerprint density at radius 3 is 2.33 bits per heavy atom. The van der Waals surface area contributed by atoms with Crippen LogP contribution in [0.15, 0.2) is 18.2 Å². The molecule has 1 aromatic rings. The van der Waals surface area contributed by atoms with E-state index in [2.05, 4.69) is 17.5 Å². The normalized spacial score (nSPS) is 9.50. The molecule has 0 saturated heterocycles. The molecule has 0 aliphatic rings. The summed E-state index contributed by atoms with van der Waals surface area (Å²) in [4.78, 5) is 0. The van der Waals surface area contributed by atoms with E-state index in [1.54, 1.807) is 25.3 Å². The van der Waals surface area contributed by atoms with Crippen molar-refractivity contribution in [1.29, 1.82) is 10.5 Å². The average Bonchev–Trinajstić information content (AvgIpc) is 2.42. The lowest BCUT2D eigenvalue weighted by Gasteiger charge is -2.10.